The van der Waals surface area contributed by atoms with Gasteiger partial charge in [-0.2, -0.15) is 5.10 Å². The Morgan fingerprint density at radius 2 is 1.77 bits per heavy atom. The molecule has 0 saturated carbocycles. The lowest BCUT2D eigenvalue weighted by Gasteiger charge is -2.07. The third-order valence-corrected chi connectivity index (χ3v) is 3.88. The average Bonchev–Trinajstić information content (AvgIpc) is 3.07. The first-order chi connectivity index (χ1) is 12.6. The number of ketones is 1. The number of nitrogens with zero attached hydrogens (tertiary/aromatic N) is 2. The van der Waals surface area contributed by atoms with Gasteiger partial charge in [0.25, 0.3) is 0 Å². The molecule has 0 spiro atoms. The summed E-state index contributed by atoms with van der Waals surface area (Å²) >= 11 is 0. The molecule has 0 N–H and O–H groups in total. The molecule has 7 heteroatoms. The van der Waals surface area contributed by atoms with Gasteiger partial charge in [-0.1, -0.05) is 0 Å². The zero-order valence-electron chi connectivity index (χ0n) is 14.7. The Morgan fingerprint density at radius 1 is 1.08 bits per heavy atom. The van der Waals surface area contributed by atoms with Crippen molar-refractivity contribution < 1.29 is 23.8 Å². The lowest BCUT2D eigenvalue weighted by molar-refractivity contribution is 0.0528. The molecule has 2 heterocycles. The van der Waals surface area contributed by atoms with Gasteiger partial charge in [0.15, 0.2) is 0 Å². The van der Waals surface area contributed by atoms with Crippen molar-refractivity contribution in [2.24, 2.45) is 0 Å². The summed E-state index contributed by atoms with van der Waals surface area (Å²) in [4.78, 5) is 25.3. The highest BCUT2D eigenvalue weighted by Gasteiger charge is 2.22. The van der Waals surface area contributed by atoms with E-state index in [4.69, 9.17) is 14.2 Å². The van der Waals surface area contributed by atoms with Gasteiger partial charge in [0.05, 0.1) is 31.9 Å². The quantitative estimate of drug-likeness (QED) is 0.500. The van der Waals surface area contributed by atoms with Crippen LogP contribution in [0.15, 0.2) is 42.6 Å². The van der Waals surface area contributed by atoms with Crippen LogP contribution in [0.3, 0.4) is 0 Å². The molecule has 0 aliphatic rings. The Kier molecular flexibility index (Phi) is 4.88. The third kappa shape index (κ3) is 3.11. The van der Waals surface area contributed by atoms with Gasteiger partial charge < -0.3 is 14.2 Å². The molecular formula is C19H18N2O5. The van der Waals surface area contributed by atoms with E-state index in [0.717, 1.165) is 0 Å². The second-order valence-electron chi connectivity index (χ2n) is 5.41. The zero-order valence-corrected chi connectivity index (χ0v) is 14.7. The standard InChI is InChI=1S/C19H18N2O5/c1-4-26-19(23)15-11-17(21-16(15)6-5-7-20-21)18(22)12-8-13(24-2)10-14(9-12)25-3/h5-11H,4H2,1-3H3. The van der Waals surface area contributed by atoms with Crippen molar-refractivity contribution in [3.63, 3.8) is 0 Å². The molecule has 26 heavy (non-hydrogen) atoms. The molecule has 0 unspecified atom stereocenters. The summed E-state index contributed by atoms with van der Waals surface area (Å²) in [7, 11) is 3.02. The van der Waals surface area contributed by atoms with Crippen LogP contribution >= 0.6 is 0 Å². The second-order valence-corrected chi connectivity index (χ2v) is 5.41. The van der Waals surface area contributed by atoms with Crippen LogP contribution < -0.4 is 9.47 Å². The van der Waals surface area contributed by atoms with E-state index in [1.807, 2.05) is 0 Å². The SMILES string of the molecule is CCOC(=O)c1cc(C(=O)c2cc(OC)cc(OC)c2)n2ncccc12. The number of esters is 1. The molecule has 0 bridgehead atoms. The summed E-state index contributed by atoms with van der Waals surface area (Å²) in [6, 6.07) is 9.79. The number of hydrogen-bond acceptors (Lipinski definition) is 6. The molecule has 134 valence electrons. The number of fused-ring (bicyclic) bond motifs is 1. The van der Waals surface area contributed by atoms with Crippen molar-refractivity contribution in [1.29, 1.82) is 0 Å². The fourth-order valence-corrected chi connectivity index (χ4v) is 2.66. The highest BCUT2D eigenvalue weighted by molar-refractivity contribution is 6.11. The summed E-state index contributed by atoms with van der Waals surface area (Å²) in [5, 5.41) is 4.20. The first-order valence-electron chi connectivity index (χ1n) is 8.00. The second kappa shape index (κ2) is 7.26. The molecule has 2 aromatic heterocycles. The van der Waals surface area contributed by atoms with E-state index in [9.17, 15) is 9.59 Å². The summed E-state index contributed by atoms with van der Waals surface area (Å²) in [6.07, 6.45) is 1.55. The van der Waals surface area contributed by atoms with Gasteiger partial charge in [-0.25, -0.2) is 9.31 Å². The fourth-order valence-electron chi connectivity index (χ4n) is 2.66. The van der Waals surface area contributed by atoms with Crippen molar-refractivity contribution in [3.05, 3.63) is 59.4 Å². The Bertz CT molecular complexity index is 955. The van der Waals surface area contributed by atoms with Crippen LogP contribution in [0, 0.1) is 0 Å². The lowest BCUT2D eigenvalue weighted by Crippen LogP contribution is -2.07. The number of rotatable bonds is 6. The van der Waals surface area contributed by atoms with Gasteiger partial charge in [-0.05, 0) is 37.3 Å². The van der Waals surface area contributed by atoms with E-state index < -0.39 is 5.97 Å². The first-order valence-corrected chi connectivity index (χ1v) is 8.00. The van der Waals surface area contributed by atoms with Crippen LogP contribution in [-0.2, 0) is 4.74 Å². The molecular weight excluding hydrogens is 336 g/mol. The number of aromatic nitrogens is 2. The topological polar surface area (TPSA) is 79.1 Å². The summed E-state index contributed by atoms with van der Waals surface area (Å²) in [5.74, 6) is 0.172. The van der Waals surface area contributed by atoms with Crippen LogP contribution in [-0.4, -0.2) is 42.2 Å². The number of carbonyl (C=O) groups excluding carboxylic acids is 2. The molecule has 0 saturated heterocycles. The molecule has 0 aliphatic carbocycles. The highest BCUT2D eigenvalue weighted by Crippen LogP contribution is 2.26. The molecule has 0 fully saturated rings. The summed E-state index contributed by atoms with van der Waals surface area (Å²) < 4.78 is 16.9. The average molecular weight is 354 g/mol. The summed E-state index contributed by atoms with van der Waals surface area (Å²) in [5.41, 5.74) is 1.41. The number of ether oxygens (including phenoxy) is 3. The van der Waals surface area contributed by atoms with Crippen molar-refractivity contribution in [2.75, 3.05) is 20.8 Å². The molecule has 1 aromatic carbocycles. The minimum absolute atomic E-state index is 0.243. The van der Waals surface area contributed by atoms with Gasteiger partial charge in [0, 0.05) is 17.8 Å². The van der Waals surface area contributed by atoms with Crippen LogP contribution in [0.5, 0.6) is 11.5 Å². The maximum atomic E-state index is 13.1. The highest BCUT2D eigenvalue weighted by atomic mass is 16.5. The van der Waals surface area contributed by atoms with Gasteiger partial charge in [0.1, 0.15) is 17.2 Å². The largest absolute Gasteiger partial charge is 0.497 e. The molecule has 7 nitrogen and oxygen atoms in total. The smallest absolute Gasteiger partial charge is 0.340 e. The monoisotopic (exact) mass is 354 g/mol. The minimum Gasteiger partial charge on any atom is -0.497 e. The van der Waals surface area contributed by atoms with E-state index >= 15 is 0 Å². The molecule has 0 aliphatic heterocycles. The van der Waals surface area contributed by atoms with E-state index in [-0.39, 0.29) is 23.6 Å². The van der Waals surface area contributed by atoms with E-state index in [2.05, 4.69) is 5.10 Å². The van der Waals surface area contributed by atoms with Crippen molar-refractivity contribution in [3.8, 4) is 11.5 Å². The molecule has 3 rings (SSSR count). The predicted octanol–water partition coefficient (Wildman–Crippen LogP) is 2.76. The Labute approximate surface area is 150 Å². The Morgan fingerprint density at radius 3 is 2.38 bits per heavy atom. The predicted molar refractivity (Wildman–Crippen MR) is 94.1 cm³/mol. The molecule has 0 amide bonds. The van der Waals surface area contributed by atoms with E-state index in [1.165, 1.54) is 24.8 Å². The van der Waals surface area contributed by atoms with Gasteiger partial charge in [-0.15, -0.1) is 0 Å². The molecule has 0 atom stereocenters. The van der Waals surface area contributed by atoms with Crippen LogP contribution in [0.4, 0.5) is 0 Å². The number of carbonyl (C=O) groups is 2. The lowest BCUT2D eigenvalue weighted by atomic mass is 10.1. The number of benzene rings is 1. The van der Waals surface area contributed by atoms with Crippen molar-refractivity contribution in [1.82, 2.24) is 9.61 Å². The summed E-state index contributed by atoms with van der Waals surface area (Å²) in [6.45, 7) is 1.97. The number of methoxy groups -OCH3 is 2. The Hall–Kier alpha value is -3.35. The van der Waals surface area contributed by atoms with E-state index in [0.29, 0.717) is 22.6 Å². The normalized spacial score (nSPS) is 10.6. The first kappa shape index (κ1) is 17.5. The van der Waals surface area contributed by atoms with Crippen molar-refractivity contribution in [2.45, 2.75) is 6.92 Å². The van der Waals surface area contributed by atoms with E-state index in [1.54, 1.807) is 43.5 Å². The van der Waals surface area contributed by atoms with Gasteiger partial charge in [-0.3, -0.25) is 4.79 Å². The zero-order chi connectivity index (χ0) is 18.7. The van der Waals surface area contributed by atoms with Crippen LogP contribution in [0.25, 0.3) is 5.52 Å². The van der Waals surface area contributed by atoms with Crippen LogP contribution in [0.1, 0.15) is 33.3 Å². The maximum Gasteiger partial charge on any atom is 0.340 e. The van der Waals surface area contributed by atoms with Crippen LogP contribution in [0.2, 0.25) is 0 Å². The number of hydrogen-bond donors (Lipinski definition) is 0. The van der Waals surface area contributed by atoms with Crippen molar-refractivity contribution >= 4 is 17.3 Å². The maximum absolute atomic E-state index is 13.1. The fraction of sp³-hybridized carbons (Fsp3) is 0.211. The third-order valence-electron chi connectivity index (χ3n) is 3.88. The van der Waals surface area contributed by atoms with Gasteiger partial charge in [0.2, 0.25) is 5.78 Å². The Balaban J connectivity index is 2.13. The molecule has 0 radical (unpaired) electrons. The minimum atomic E-state index is -0.500. The van der Waals surface area contributed by atoms with Gasteiger partial charge >= 0.3 is 5.97 Å². The molecule has 3 aromatic rings.